The molecule has 0 atom stereocenters. The molecule has 110 valence electrons. The van der Waals surface area contributed by atoms with Crippen LogP contribution in [0.5, 0.6) is 0 Å². The highest BCUT2D eigenvalue weighted by Crippen LogP contribution is 2.23. The fraction of sp³-hybridized carbons (Fsp3) is 0.316. The third-order valence-corrected chi connectivity index (χ3v) is 3.69. The Morgan fingerprint density at radius 2 is 1.62 bits per heavy atom. The van der Waals surface area contributed by atoms with E-state index in [4.69, 9.17) is 0 Å². The molecule has 1 amide bonds. The number of carbonyl (C=O) groups is 1. The molecule has 2 nitrogen and oxygen atoms in total. The van der Waals surface area contributed by atoms with E-state index in [1.54, 1.807) is 4.90 Å². The van der Waals surface area contributed by atoms with Crippen molar-refractivity contribution in [2.45, 2.75) is 33.1 Å². The van der Waals surface area contributed by atoms with Gasteiger partial charge in [0.15, 0.2) is 0 Å². The Morgan fingerprint density at radius 1 is 1.00 bits per heavy atom. The lowest BCUT2D eigenvalue weighted by molar-refractivity contribution is 0.0993. The van der Waals surface area contributed by atoms with E-state index in [0.717, 1.165) is 11.3 Å². The third-order valence-electron chi connectivity index (χ3n) is 3.69. The average Bonchev–Trinajstić information content (AvgIpc) is 2.45. The summed E-state index contributed by atoms with van der Waals surface area (Å²) in [5, 5.41) is 0. The lowest BCUT2D eigenvalue weighted by Gasteiger charge is -2.21. The van der Waals surface area contributed by atoms with Crippen LogP contribution in [0.25, 0.3) is 0 Å². The van der Waals surface area contributed by atoms with Crippen LogP contribution in [0.1, 0.15) is 42.3 Å². The predicted molar refractivity (Wildman–Crippen MR) is 89.1 cm³/mol. The van der Waals surface area contributed by atoms with Gasteiger partial charge in [0.1, 0.15) is 0 Å². The minimum atomic E-state index is 0.0149. The van der Waals surface area contributed by atoms with Crippen molar-refractivity contribution in [1.29, 1.82) is 0 Å². The number of carbonyl (C=O) groups excluding carboxylic acids is 1. The van der Waals surface area contributed by atoms with Gasteiger partial charge < -0.3 is 4.90 Å². The summed E-state index contributed by atoms with van der Waals surface area (Å²) < 4.78 is 0. The van der Waals surface area contributed by atoms with E-state index in [1.165, 1.54) is 5.56 Å². The van der Waals surface area contributed by atoms with E-state index in [-0.39, 0.29) is 11.3 Å². The highest BCUT2D eigenvalue weighted by molar-refractivity contribution is 6.05. The second kappa shape index (κ2) is 5.72. The van der Waals surface area contributed by atoms with Gasteiger partial charge in [-0.25, -0.2) is 0 Å². The van der Waals surface area contributed by atoms with Crippen LogP contribution in [0.4, 0.5) is 5.69 Å². The molecule has 2 aromatic carbocycles. The number of hydrogen-bond acceptors (Lipinski definition) is 1. The summed E-state index contributed by atoms with van der Waals surface area (Å²) in [6, 6.07) is 15.9. The van der Waals surface area contributed by atoms with E-state index < -0.39 is 0 Å². The summed E-state index contributed by atoms with van der Waals surface area (Å²) in [6.45, 7) is 8.54. The Kier molecular flexibility index (Phi) is 4.17. The van der Waals surface area contributed by atoms with Crippen molar-refractivity contribution in [3.63, 3.8) is 0 Å². The van der Waals surface area contributed by atoms with Gasteiger partial charge >= 0.3 is 0 Å². The fourth-order valence-electron chi connectivity index (χ4n) is 2.26. The summed E-state index contributed by atoms with van der Waals surface area (Å²) in [4.78, 5) is 14.2. The zero-order valence-electron chi connectivity index (χ0n) is 13.5. The Bertz CT molecular complexity index is 635. The van der Waals surface area contributed by atoms with Crippen molar-refractivity contribution < 1.29 is 4.79 Å². The number of hydrogen-bond donors (Lipinski definition) is 0. The quantitative estimate of drug-likeness (QED) is 0.789. The molecule has 0 radical (unpaired) electrons. The molecule has 0 N–H and O–H groups in total. The molecule has 2 rings (SSSR count). The first-order chi connectivity index (χ1) is 9.79. The van der Waals surface area contributed by atoms with E-state index in [0.29, 0.717) is 5.56 Å². The minimum Gasteiger partial charge on any atom is -0.311 e. The molecule has 0 aromatic heterocycles. The molecule has 0 saturated carbocycles. The van der Waals surface area contributed by atoms with Crippen LogP contribution < -0.4 is 4.90 Å². The lowest BCUT2D eigenvalue weighted by atomic mass is 9.86. The van der Waals surface area contributed by atoms with Crippen molar-refractivity contribution >= 4 is 11.6 Å². The van der Waals surface area contributed by atoms with Crippen LogP contribution in [0.15, 0.2) is 48.5 Å². The van der Waals surface area contributed by atoms with Gasteiger partial charge in [-0.3, -0.25) is 4.79 Å². The van der Waals surface area contributed by atoms with Crippen LogP contribution >= 0.6 is 0 Å². The van der Waals surface area contributed by atoms with E-state index in [2.05, 4.69) is 20.8 Å². The Balaban J connectivity index is 2.24. The topological polar surface area (TPSA) is 20.3 Å². The molecule has 0 fully saturated rings. The van der Waals surface area contributed by atoms with Gasteiger partial charge in [-0.15, -0.1) is 0 Å². The van der Waals surface area contributed by atoms with Crippen molar-refractivity contribution in [2.24, 2.45) is 0 Å². The lowest BCUT2D eigenvalue weighted by Crippen LogP contribution is -2.26. The predicted octanol–water partition coefficient (Wildman–Crippen LogP) is 4.57. The van der Waals surface area contributed by atoms with Gasteiger partial charge in [-0.2, -0.15) is 0 Å². The highest BCUT2D eigenvalue weighted by atomic mass is 16.2. The van der Waals surface area contributed by atoms with Crippen LogP contribution in [0.3, 0.4) is 0 Å². The molecule has 0 bridgehead atoms. The Morgan fingerprint density at radius 3 is 2.14 bits per heavy atom. The monoisotopic (exact) mass is 281 g/mol. The van der Waals surface area contributed by atoms with Crippen LogP contribution in [-0.2, 0) is 5.41 Å². The number of anilines is 1. The zero-order chi connectivity index (χ0) is 15.6. The van der Waals surface area contributed by atoms with Crippen LogP contribution in [-0.4, -0.2) is 13.0 Å². The molecule has 2 aromatic rings. The number of rotatable bonds is 2. The summed E-state index contributed by atoms with van der Waals surface area (Å²) >= 11 is 0. The first-order valence-corrected chi connectivity index (χ1v) is 7.24. The fourth-order valence-corrected chi connectivity index (χ4v) is 2.26. The number of amides is 1. The van der Waals surface area contributed by atoms with Crippen molar-refractivity contribution in [1.82, 2.24) is 0 Å². The first kappa shape index (κ1) is 15.3. The Labute approximate surface area is 127 Å². The van der Waals surface area contributed by atoms with Gasteiger partial charge in [-0.1, -0.05) is 45.0 Å². The molecule has 0 saturated heterocycles. The smallest absolute Gasteiger partial charge is 0.258 e. The molecule has 2 heteroatoms. The molecule has 0 aliphatic carbocycles. The largest absolute Gasteiger partial charge is 0.311 e. The number of nitrogens with zero attached hydrogens (tertiary/aromatic N) is 1. The minimum absolute atomic E-state index is 0.0149. The molecule has 21 heavy (non-hydrogen) atoms. The van der Waals surface area contributed by atoms with E-state index in [9.17, 15) is 4.79 Å². The normalized spacial score (nSPS) is 11.3. The Hall–Kier alpha value is -2.09. The number of aryl methyl sites for hydroxylation is 1. The van der Waals surface area contributed by atoms with Crippen molar-refractivity contribution in [2.75, 3.05) is 11.9 Å². The van der Waals surface area contributed by atoms with Gasteiger partial charge in [0.25, 0.3) is 5.91 Å². The summed E-state index contributed by atoms with van der Waals surface area (Å²) in [7, 11) is 1.81. The van der Waals surface area contributed by atoms with Gasteiger partial charge in [-0.05, 0) is 47.7 Å². The van der Waals surface area contributed by atoms with Crippen molar-refractivity contribution in [3.05, 3.63) is 65.2 Å². The summed E-state index contributed by atoms with van der Waals surface area (Å²) in [6.07, 6.45) is 0. The zero-order valence-corrected chi connectivity index (χ0v) is 13.5. The molecule has 0 unspecified atom stereocenters. The summed E-state index contributed by atoms with van der Waals surface area (Å²) in [5.74, 6) is 0.0149. The van der Waals surface area contributed by atoms with Gasteiger partial charge in [0, 0.05) is 18.3 Å². The van der Waals surface area contributed by atoms with E-state index in [1.807, 2.05) is 62.5 Å². The maximum atomic E-state index is 12.5. The third kappa shape index (κ3) is 3.52. The number of benzene rings is 2. The maximum Gasteiger partial charge on any atom is 0.258 e. The molecule has 0 heterocycles. The van der Waals surface area contributed by atoms with Crippen LogP contribution in [0, 0.1) is 6.92 Å². The second-order valence-corrected chi connectivity index (χ2v) is 6.53. The molecule has 0 aliphatic heterocycles. The molecule has 0 spiro atoms. The van der Waals surface area contributed by atoms with Crippen LogP contribution in [0.2, 0.25) is 0 Å². The highest BCUT2D eigenvalue weighted by Gasteiger charge is 2.16. The molecular weight excluding hydrogens is 258 g/mol. The molecular formula is C19H23NO. The summed E-state index contributed by atoms with van der Waals surface area (Å²) in [5.41, 5.74) is 4.11. The van der Waals surface area contributed by atoms with E-state index >= 15 is 0 Å². The molecule has 0 aliphatic rings. The maximum absolute atomic E-state index is 12.5. The SMILES string of the molecule is Cc1cccc(N(C)C(=O)c2ccc(C(C)(C)C)cc2)c1. The van der Waals surface area contributed by atoms with Gasteiger partial charge in [0.05, 0.1) is 0 Å². The van der Waals surface area contributed by atoms with Gasteiger partial charge in [0.2, 0.25) is 0 Å². The standard InChI is InChI=1S/C19H23NO/c1-14-7-6-8-17(13-14)20(5)18(21)15-9-11-16(12-10-15)19(2,3)4/h6-13H,1-5H3. The average molecular weight is 281 g/mol. The van der Waals surface area contributed by atoms with Crippen molar-refractivity contribution in [3.8, 4) is 0 Å². The second-order valence-electron chi connectivity index (χ2n) is 6.53. The first-order valence-electron chi connectivity index (χ1n) is 7.24.